The summed E-state index contributed by atoms with van der Waals surface area (Å²) in [6, 6.07) is 6.43. The molecule has 3 amide bonds. The van der Waals surface area contributed by atoms with Gasteiger partial charge < -0.3 is 10.5 Å². The van der Waals surface area contributed by atoms with Gasteiger partial charge in [-0.05, 0) is 24.1 Å². The highest BCUT2D eigenvalue weighted by atomic mass is 32.2. The summed E-state index contributed by atoms with van der Waals surface area (Å²) in [5, 5.41) is 2.02. The molecule has 25 heavy (non-hydrogen) atoms. The summed E-state index contributed by atoms with van der Waals surface area (Å²) in [4.78, 5) is 24.4. The second-order valence-electron chi connectivity index (χ2n) is 6.04. The van der Waals surface area contributed by atoms with E-state index in [4.69, 9.17) is 10.5 Å². The standard InChI is InChI=1S/C16H23N3O5S/c1-24-14-4-2-12(3-5-14)10-19(8-6-15(20)18-16(17)21)13-7-9-25(22,23)11-13/h2-5,13H,6-11H2,1H3,(H3,17,18,20,21). The maximum Gasteiger partial charge on any atom is 0.318 e. The zero-order chi connectivity index (χ0) is 18.4. The van der Waals surface area contributed by atoms with Crippen LogP contribution in [0.4, 0.5) is 4.79 Å². The van der Waals surface area contributed by atoms with Crippen LogP contribution in [0.3, 0.4) is 0 Å². The van der Waals surface area contributed by atoms with Gasteiger partial charge in [0.15, 0.2) is 9.84 Å². The fourth-order valence-corrected chi connectivity index (χ4v) is 4.63. The van der Waals surface area contributed by atoms with E-state index in [1.807, 2.05) is 34.5 Å². The molecule has 0 radical (unpaired) electrons. The van der Waals surface area contributed by atoms with Crippen molar-refractivity contribution >= 4 is 21.8 Å². The van der Waals surface area contributed by atoms with E-state index in [9.17, 15) is 18.0 Å². The number of carbonyl (C=O) groups is 2. The van der Waals surface area contributed by atoms with E-state index in [2.05, 4.69) is 0 Å². The number of carbonyl (C=O) groups excluding carboxylic acids is 2. The third kappa shape index (κ3) is 6.02. The lowest BCUT2D eigenvalue weighted by atomic mass is 10.1. The van der Waals surface area contributed by atoms with E-state index in [0.29, 0.717) is 19.5 Å². The molecule has 0 spiro atoms. The largest absolute Gasteiger partial charge is 0.497 e. The van der Waals surface area contributed by atoms with Crippen LogP contribution < -0.4 is 15.8 Å². The van der Waals surface area contributed by atoms with E-state index in [1.54, 1.807) is 7.11 Å². The summed E-state index contributed by atoms with van der Waals surface area (Å²) in [5.41, 5.74) is 5.92. The summed E-state index contributed by atoms with van der Waals surface area (Å²) in [7, 11) is -1.45. The van der Waals surface area contributed by atoms with Crippen molar-refractivity contribution in [3.05, 3.63) is 29.8 Å². The fraction of sp³-hybridized carbons (Fsp3) is 0.500. The number of nitrogens with one attached hydrogen (secondary N) is 1. The Balaban J connectivity index is 2.05. The Bertz CT molecular complexity index is 718. The summed E-state index contributed by atoms with van der Waals surface area (Å²) >= 11 is 0. The number of urea groups is 1. The topological polar surface area (TPSA) is 119 Å². The van der Waals surface area contributed by atoms with Gasteiger partial charge in [0, 0.05) is 25.6 Å². The van der Waals surface area contributed by atoms with Crippen LogP contribution >= 0.6 is 0 Å². The predicted octanol–water partition coefficient (Wildman–Crippen LogP) is 0.269. The molecule has 0 aliphatic carbocycles. The monoisotopic (exact) mass is 369 g/mol. The first-order valence-electron chi connectivity index (χ1n) is 7.96. The van der Waals surface area contributed by atoms with Crippen molar-refractivity contribution in [2.75, 3.05) is 25.2 Å². The summed E-state index contributed by atoms with van der Waals surface area (Å²) in [5.74, 6) is 0.498. The molecule has 0 saturated carbocycles. The molecule has 1 aliphatic heterocycles. The summed E-state index contributed by atoms with van der Waals surface area (Å²) in [6.07, 6.45) is 0.603. The first-order chi connectivity index (χ1) is 11.8. The molecular formula is C16H23N3O5S. The smallest absolute Gasteiger partial charge is 0.318 e. The molecule has 8 nitrogen and oxygen atoms in total. The van der Waals surface area contributed by atoms with Gasteiger partial charge >= 0.3 is 6.03 Å². The lowest BCUT2D eigenvalue weighted by molar-refractivity contribution is -0.120. The Labute approximate surface area is 147 Å². The molecule has 138 valence electrons. The van der Waals surface area contributed by atoms with Gasteiger partial charge in [-0.1, -0.05) is 12.1 Å². The van der Waals surface area contributed by atoms with E-state index in [0.717, 1.165) is 11.3 Å². The zero-order valence-electron chi connectivity index (χ0n) is 14.1. The van der Waals surface area contributed by atoms with Crippen molar-refractivity contribution in [1.82, 2.24) is 10.2 Å². The SMILES string of the molecule is COc1ccc(CN(CCC(=O)NC(N)=O)C2CCS(=O)(=O)C2)cc1. The molecule has 1 saturated heterocycles. The zero-order valence-corrected chi connectivity index (χ0v) is 14.9. The Morgan fingerprint density at radius 3 is 2.52 bits per heavy atom. The van der Waals surface area contributed by atoms with Crippen LogP contribution in [0.5, 0.6) is 5.75 Å². The van der Waals surface area contributed by atoms with Crippen LogP contribution in [-0.4, -0.2) is 56.5 Å². The summed E-state index contributed by atoms with van der Waals surface area (Å²) in [6.45, 7) is 0.847. The fourth-order valence-electron chi connectivity index (χ4n) is 2.86. The van der Waals surface area contributed by atoms with Crippen LogP contribution in [0.2, 0.25) is 0 Å². The lowest BCUT2D eigenvalue weighted by Gasteiger charge is -2.28. The molecule has 0 bridgehead atoms. The van der Waals surface area contributed by atoms with Crippen LogP contribution in [0.1, 0.15) is 18.4 Å². The maximum absolute atomic E-state index is 11.8. The minimum absolute atomic E-state index is 0.0651. The number of nitrogens with two attached hydrogens (primary N) is 1. The van der Waals surface area contributed by atoms with Crippen LogP contribution in [-0.2, 0) is 21.2 Å². The number of hydrogen-bond donors (Lipinski definition) is 2. The van der Waals surface area contributed by atoms with Crippen molar-refractivity contribution in [2.24, 2.45) is 5.73 Å². The van der Waals surface area contributed by atoms with Gasteiger partial charge in [-0.2, -0.15) is 0 Å². The Kier molecular flexibility index (Phi) is 6.38. The van der Waals surface area contributed by atoms with Crippen LogP contribution in [0.15, 0.2) is 24.3 Å². The van der Waals surface area contributed by atoms with E-state index in [-0.39, 0.29) is 24.0 Å². The van der Waals surface area contributed by atoms with Crippen molar-refractivity contribution in [2.45, 2.75) is 25.4 Å². The molecule has 1 fully saturated rings. The molecule has 1 aromatic carbocycles. The van der Waals surface area contributed by atoms with Gasteiger partial charge in [-0.15, -0.1) is 0 Å². The number of amides is 3. The minimum atomic E-state index is -3.04. The number of nitrogens with zero attached hydrogens (tertiary/aromatic N) is 1. The van der Waals surface area contributed by atoms with E-state index < -0.39 is 21.8 Å². The molecule has 9 heteroatoms. The van der Waals surface area contributed by atoms with Gasteiger partial charge in [0.2, 0.25) is 5.91 Å². The molecule has 1 unspecified atom stereocenters. The quantitative estimate of drug-likeness (QED) is 0.712. The number of imide groups is 1. The highest BCUT2D eigenvalue weighted by Gasteiger charge is 2.32. The third-order valence-electron chi connectivity index (χ3n) is 4.16. The number of primary amides is 1. The number of benzene rings is 1. The van der Waals surface area contributed by atoms with Crippen molar-refractivity contribution in [3.8, 4) is 5.75 Å². The van der Waals surface area contributed by atoms with E-state index in [1.165, 1.54) is 0 Å². The third-order valence-corrected chi connectivity index (χ3v) is 5.91. The molecule has 2 rings (SSSR count). The van der Waals surface area contributed by atoms with Crippen molar-refractivity contribution in [3.63, 3.8) is 0 Å². The Hall–Kier alpha value is -2.13. The van der Waals surface area contributed by atoms with Gasteiger partial charge in [0.1, 0.15) is 5.75 Å². The molecule has 1 atom stereocenters. The average molecular weight is 369 g/mol. The van der Waals surface area contributed by atoms with Gasteiger partial charge in [-0.25, -0.2) is 13.2 Å². The van der Waals surface area contributed by atoms with Gasteiger partial charge in [0.25, 0.3) is 0 Å². The lowest BCUT2D eigenvalue weighted by Crippen LogP contribution is -2.40. The summed E-state index contributed by atoms with van der Waals surface area (Å²) < 4.78 is 28.7. The molecule has 1 aliphatic rings. The predicted molar refractivity (Wildman–Crippen MR) is 92.8 cm³/mol. The maximum atomic E-state index is 11.8. The van der Waals surface area contributed by atoms with Crippen LogP contribution in [0, 0.1) is 0 Å². The van der Waals surface area contributed by atoms with Gasteiger partial charge in [0.05, 0.1) is 18.6 Å². The minimum Gasteiger partial charge on any atom is -0.497 e. The molecule has 3 N–H and O–H groups in total. The molecular weight excluding hydrogens is 346 g/mol. The first-order valence-corrected chi connectivity index (χ1v) is 9.78. The number of hydrogen-bond acceptors (Lipinski definition) is 6. The highest BCUT2D eigenvalue weighted by molar-refractivity contribution is 7.91. The van der Waals surface area contributed by atoms with E-state index >= 15 is 0 Å². The molecule has 1 heterocycles. The average Bonchev–Trinajstić information content (AvgIpc) is 2.91. The number of rotatable bonds is 7. The second kappa shape index (κ2) is 8.30. The first kappa shape index (κ1) is 19.2. The number of methoxy groups -OCH3 is 1. The normalized spacial score (nSPS) is 18.9. The molecule has 0 aromatic heterocycles. The number of ether oxygens (including phenoxy) is 1. The number of sulfone groups is 1. The van der Waals surface area contributed by atoms with Crippen molar-refractivity contribution < 1.29 is 22.7 Å². The molecule has 1 aromatic rings. The van der Waals surface area contributed by atoms with Crippen LogP contribution in [0.25, 0.3) is 0 Å². The van der Waals surface area contributed by atoms with Crippen molar-refractivity contribution in [1.29, 1.82) is 0 Å². The Morgan fingerprint density at radius 2 is 2.00 bits per heavy atom. The second-order valence-corrected chi connectivity index (χ2v) is 8.27. The van der Waals surface area contributed by atoms with Gasteiger partial charge in [-0.3, -0.25) is 15.0 Å². The Morgan fingerprint density at radius 1 is 1.32 bits per heavy atom. The highest BCUT2D eigenvalue weighted by Crippen LogP contribution is 2.21.